The van der Waals surface area contributed by atoms with Crippen LogP contribution in [0.5, 0.6) is 0 Å². The van der Waals surface area contributed by atoms with Crippen LogP contribution in [0.2, 0.25) is 5.02 Å². The van der Waals surface area contributed by atoms with Gasteiger partial charge in [0.15, 0.2) is 6.10 Å². The Hall–Kier alpha value is -3.54. The molecule has 0 spiro atoms. The largest absolute Gasteiger partial charge is 0.436 e. The van der Waals surface area contributed by atoms with Gasteiger partial charge in [-0.25, -0.2) is 9.59 Å². The Morgan fingerprint density at radius 2 is 1.62 bits per heavy atom. The van der Waals surface area contributed by atoms with E-state index >= 15 is 0 Å². The van der Waals surface area contributed by atoms with Gasteiger partial charge in [-0.15, -0.1) is 0 Å². The maximum atomic E-state index is 14.2. The van der Waals surface area contributed by atoms with Crippen molar-refractivity contribution in [3.63, 3.8) is 0 Å². The van der Waals surface area contributed by atoms with Gasteiger partial charge in [0.2, 0.25) is 0 Å². The van der Waals surface area contributed by atoms with E-state index < -0.39 is 12.2 Å². The van der Waals surface area contributed by atoms with E-state index in [0.29, 0.717) is 80.8 Å². The summed E-state index contributed by atoms with van der Waals surface area (Å²) in [4.78, 5) is 51.6. The Labute approximate surface area is 301 Å². The molecule has 50 heavy (non-hydrogen) atoms. The number of likely N-dealkylation sites (tertiary alicyclic amines) is 1. The summed E-state index contributed by atoms with van der Waals surface area (Å²) in [5, 5.41) is 3.50. The number of amides is 4. The number of piperazine rings is 1. The molecule has 12 heteroatoms. The first kappa shape index (κ1) is 34.9. The number of aryl methyl sites for hydroxylation is 1. The number of nitrogens with one attached hydrogen (secondary N) is 1. The van der Waals surface area contributed by atoms with E-state index in [1.54, 1.807) is 11.0 Å². The van der Waals surface area contributed by atoms with Gasteiger partial charge in [0, 0.05) is 82.1 Å². The number of ether oxygens (including phenoxy) is 1. The Morgan fingerprint density at radius 1 is 0.920 bits per heavy atom. The lowest BCUT2D eigenvalue weighted by Gasteiger charge is -2.45. The summed E-state index contributed by atoms with van der Waals surface area (Å²) in [7, 11) is 2.27. The standard InChI is InChI=1S/C38H52ClN7O4/c1-3-26-20-25(21-32(39)35(26)40)22-34(36(47)44-18-16-43(17-19-44)31-23-29-8-9-30(24-31)42(29)2)50-38(49)45-13-11-28(12-14-45)46-15-10-27-6-4-5-7-33(27)41-37(46)48/h4-7,20-21,28-31,34H,3,8-19,22-24,40H2,1-2H3,(H,41,48)/t29?,30?,31?,34-/m1/s1. The third-order valence-electron chi connectivity index (χ3n) is 12.1. The van der Waals surface area contributed by atoms with Crippen molar-refractivity contribution in [2.45, 2.75) is 95.0 Å². The van der Waals surface area contributed by atoms with Crippen LogP contribution in [0.3, 0.4) is 0 Å². The summed E-state index contributed by atoms with van der Waals surface area (Å²) in [6, 6.07) is 13.5. The van der Waals surface area contributed by atoms with Gasteiger partial charge in [-0.2, -0.15) is 0 Å². The van der Waals surface area contributed by atoms with E-state index in [2.05, 4.69) is 28.2 Å². The van der Waals surface area contributed by atoms with E-state index in [1.165, 1.54) is 25.7 Å². The molecule has 4 amide bonds. The predicted molar refractivity (Wildman–Crippen MR) is 195 cm³/mol. The van der Waals surface area contributed by atoms with Crippen LogP contribution in [-0.2, 0) is 28.8 Å². The summed E-state index contributed by atoms with van der Waals surface area (Å²) in [6.07, 6.45) is 6.50. The molecule has 2 unspecified atom stereocenters. The molecule has 11 nitrogen and oxygen atoms in total. The van der Waals surface area contributed by atoms with Crippen LogP contribution < -0.4 is 11.1 Å². The number of para-hydroxylation sites is 1. The number of urea groups is 1. The predicted octanol–water partition coefficient (Wildman–Crippen LogP) is 4.86. The number of hydrogen-bond donors (Lipinski definition) is 2. The molecule has 0 aliphatic carbocycles. The average molecular weight is 706 g/mol. The second kappa shape index (κ2) is 15.0. The van der Waals surface area contributed by atoms with Crippen LogP contribution in [0.15, 0.2) is 36.4 Å². The van der Waals surface area contributed by atoms with Crippen molar-refractivity contribution >= 4 is 41.0 Å². The van der Waals surface area contributed by atoms with Gasteiger partial charge in [0.05, 0.1) is 10.7 Å². The van der Waals surface area contributed by atoms with Crippen LogP contribution in [0, 0.1) is 0 Å². The second-order valence-electron chi connectivity index (χ2n) is 14.9. The smallest absolute Gasteiger partial charge is 0.410 e. The summed E-state index contributed by atoms with van der Waals surface area (Å²) in [5.74, 6) is -0.164. The lowest BCUT2D eigenvalue weighted by molar-refractivity contribution is -0.143. The lowest BCUT2D eigenvalue weighted by atomic mass is 9.96. The molecule has 3 atom stereocenters. The molecule has 270 valence electrons. The number of anilines is 2. The molecule has 0 radical (unpaired) electrons. The number of halogens is 1. The third-order valence-corrected chi connectivity index (χ3v) is 12.4. The summed E-state index contributed by atoms with van der Waals surface area (Å²) < 4.78 is 6.12. The van der Waals surface area contributed by atoms with Crippen molar-refractivity contribution in [2.75, 3.05) is 63.9 Å². The van der Waals surface area contributed by atoms with Gasteiger partial charge in [0.25, 0.3) is 5.91 Å². The molecular formula is C38H52ClN7O4. The van der Waals surface area contributed by atoms with Crippen LogP contribution in [0.25, 0.3) is 0 Å². The average Bonchev–Trinajstić information content (AvgIpc) is 3.27. The molecule has 5 heterocycles. The first-order chi connectivity index (χ1) is 24.2. The lowest BCUT2D eigenvalue weighted by Crippen LogP contribution is -2.57. The van der Waals surface area contributed by atoms with Crippen LogP contribution in [-0.4, -0.2) is 126 Å². The minimum absolute atomic E-state index is 0.0197. The van der Waals surface area contributed by atoms with Gasteiger partial charge >= 0.3 is 12.1 Å². The minimum atomic E-state index is -0.981. The van der Waals surface area contributed by atoms with Crippen molar-refractivity contribution in [1.82, 2.24) is 24.5 Å². The number of carbonyl (C=O) groups excluding carboxylic acids is 3. The number of carbonyl (C=O) groups is 3. The minimum Gasteiger partial charge on any atom is -0.436 e. The highest BCUT2D eigenvalue weighted by molar-refractivity contribution is 6.33. The van der Waals surface area contributed by atoms with E-state index in [9.17, 15) is 14.4 Å². The molecule has 3 N–H and O–H groups in total. The molecule has 0 aromatic heterocycles. The highest BCUT2D eigenvalue weighted by Gasteiger charge is 2.42. The Bertz CT molecular complexity index is 1560. The maximum Gasteiger partial charge on any atom is 0.410 e. The van der Waals surface area contributed by atoms with Crippen molar-refractivity contribution in [3.8, 4) is 0 Å². The van der Waals surface area contributed by atoms with E-state index in [1.807, 2.05) is 41.0 Å². The number of hydrogen-bond acceptors (Lipinski definition) is 7. The number of nitrogen functional groups attached to an aromatic ring is 1. The summed E-state index contributed by atoms with van der Waals surface area (Å²) in [6.45, 7) is 6.44. The van der Waals surface area contributed by atoms with Crippen LogP contribution in [0.4, 0.5) is 21.0 Å². The molecule has 4 saturated heterocycles. The quantitative estimate of drug-likeness (QED) is 0.396. The molecule has 4 fully saturated rings. The number of nitrogens with zero attached hydrogens (tertiary/aromatic N) is 5. The zero-order valence-electron chi connectivity index (χ0n) is 29.5. The highest BCUT2D eigenvalue weighted by Crippen LogP contribution is 2.37. The molecule has 2 aromatic rings. The Balaban J connectivity index is 0.991. The van der Waals surface area contributed by atoms with Gasteiger partial charge < -0.3 is 35.4 Å². The number of piperidine rings is 2. The number of benzene rings is 2. The van der Waals surface area contributed by atoms with Gasteiger partial charge in [-0.1, -0.05) is 42.8 Å². The van der Waals surface area contributed by atoms with Crippen LogP contribution >= 0.6 is 11.6 Å². The Morgan fingerprint density at radius 3 is 2.32 bits per heavy atom. The first-order valence-corrected chi connectivity index (χ1v) is 19.0. The monoisotopic (exact) mass is 705 g/mol. The van der Waals surface area contributed by atoms with Gasteiger partial charge in [0.1, 0.15) is 0 Å². The summed E-state index contributed by atoms with van der Waals surface area (Å²) >= 11 is 6.51. The fourth-order valence-electron chi connectivity index (χ4n) is 9.03. The zero-order chi connectivity index (χ0) is 34.9. The van der Waals surface area contributed by atoms with Crippen LogP contribution in [0.1, 0.15) is 62.1 Å². The van der Waals surface area contributed by atoms with E-state index in [0.717, 1.165) is 41.9 Å². The SMILES string of the molecule is CCc1cc(C[C@@H](OC(=O)N2CCC(N3CCc4ccccc4NC3=O)CC2)C(=O)N2CCN(C3CC4CCC(C3)N4C)CC2)cc(Cl)c1N. The van der Waals surface area contributed by atoms with Crippen molar-refractivity contribution < 1.29 is 19.1 Å². The Kier molecular flexibility index (Phi) is 10.5. The van der Waals surface area contributed by atoms with Crippen molar-refractivity contribution in [3.05, 3.63) is 58.1 Å². The van der Waals surface area contributed by atoms with E-state index in [4.69, 9.17) is 22.1 Å². The number of rotatable bonds is 7. The van der Waals surface area contributed by atoms with Gasteiger partial charge in [-0.3, -0.25) is 9.69 Å². The molecule has 2 aromatic carbocycles. The maximum absolute atomic E-state index is 14.2. The van der Waals surface area contributed by atoms with E-state index in [-0.39, 0.29) is 24.4 Å². The zero-order valence-corrected chi connectivity index (χ0v) is 30.2. The molecule has 0 saturated carbocycles. The van der Waals surface area contributed by atoms with Gasteiger partial charge in [-0.05, 0) is 87.2 Å². The normalized spacial score (nSPS) is 25.5. The number of nitrogens with two attached hydrogens (primary N) is 1. The topological polar surface area (TPSA) is 115 Å². The molecule has 5 aliphatic heterocycles. The highest BCUT2D eigenvalue weighted by atomic mass is 35.5. The molecule has 5 aliphatic rings. The summed E-state index contributed by atoms with van der Waals surface area (Å²) in [5.41, 5.74) is 10.5. The fraction of sp³-hybridized carbons (Fsp3) is 0.605. The third kappa shape index (κ3) is 7.27. The van der Waals surface area contributed by atoms with Crippen molar-refractivity contribution in [1.29, 1.82) is 0 Å². The number of fused-ring (bicyclic) bond motifs is 3. The molecular weight excluding hydrogens is 654 g/mol. The molecule has 2 bridgehead atoms. The first-order valence-electron chi connectivity index (χ1n) is 18.6. The van der Waals surface area contributed by atoms with Crippen molar-refractivity contribution in [2.24, 2.45) is 0 Å². The fourth-order valence-corrected chi connectivity index (χ4v) is 9.29. The molecule has 7 rings (SSSR count). The second-order valence-corrected chi connectivity index (χ2v) is 15.3.